The fraction of sp³-hybridized carbons (Fsp3) is 0.278. The van der Waals surface area contributed by atoms with Crippen molar-refractivity contribution in [3.05, 3.63) is 53.9 Å². The molecule has 0 bridgehead atoms. The lowest BCUT2D eigenvalue weighted by Crippen LogP contribution is -2.00. The van der Waals surface area contributed by atoms with Crippen LogP contribution in [0.3, 0.4) is 0 Å². The Hall–Kier alpha value is -2.00. The molecule has 0 aliphatic rings. The smallest absolute Gasteiger partial charge is 0.137 e. The van der Waals surface area contributed by atoms with Crippen LogP contribution in [0.25, 0.3) is 16.9 Å². The number of pyridine rings is 1. The van der Waals surface area contributed by atoms with Gasteiger partial charge in [-0.15, -0.1) is 11.6 Å². The van der Waals surface area contributed by atoms with E-state index in [9.17, 15) is 0 Å². The maximum atomic E-state index is 6.48. The summed E-state index contributed by atoms with van der Waals surface area (Å²) in [6.07, 6.45) is 0. The van der Waals surface area contributed by atoms with Gasteiger partial charge in [0.25, 0.3) is 0 Å². The Morgan fingerprint density at radius 2 is 1.95 bits per heavy atom. The molecule has 2 aromatic heterocycles. The van der Waals surface area contributed by atoms with Gasteiger partial charge < -0.3 is 4.74 Å². The minimum absolute atomic E-state index is 0.152. The van der Waals surface area contributed by atoms with Crippen molar-refractivity contribution in [2.75, 3.05) is 6.61 Å². The first kappa shape index (κ1) is 14.9. The van der Waals surface area contributed by atoms with Crippen LogP contribution < -0.4 is 4.74 Å². The van der Waals surface area contributed by atoms with Gasteiger partial charge in [0.2, 0.25) is 0 Å². The maximum Gasteiger partial charge on any atom is 0.137 e. The third-order valence-electron chi connectivity index (χ3n) is 3.69. The molecule has 1 unspecified atom stereocenters. The number of ether oxygens (including phenoxy) is 1. The number of imidazole rings is 1. The Balaban J connectivity index is 2.32. The first-order valence-electron chi connectivity index (χ1n) is 7.47. The molecule has 0 amide bonds. The molecule has 4 heteroatoms. The van der Waals surface area contributed by atoms with E-state index in [1.165, 1.54) is 0 Å². The minimum Gasteiger partial charge on any atom is -0.493 e. The lowest BCUT2D eigenvalue weighted by molar-refractivity contribution is 0.341. The Morgan fingerprint density at radius 1 is 1.18 bits per heavy atom. The molecule has 0 aliphatic heterocycles. The van der Waals surface area contributed by atoms with Crippen molar-refractivity contribution in [1.29, 1.82) is 0 Å². The van der Waals surface area contributed by atoms with Crippen LogP contribution in [0.1, 0.15) is 30.6 Å². The highest BCUT2D eigenvalue weighted by molar-refractivity contribution is 6.20. The summed E-state index contributed by atoms with van der Waals surface area (Å²) < 4.78 is 7.88. The average Bonchev–Trinajstić information content (AvgIpc) is 2.89. The van der Waals surface area contributed by atoms with Crippen LogP contribution in [-0.4, -0.2) is 16.0 Å². The van der Waals surface area contributed by atoms with Gasteiger partial charge in [-0.05, 0) is 45.0 Å². The number of hydrogen-bond donors (Lipinski definition) is 0. The zero-order valence-electron chi connectivity index (χ0n) is 13.0. The number of alkyl halides is 1. The van der Waals surface area contributed by atoms with E-state index in [1.54, 1.807) is 0 Å². The molecule has 2 heterocycles. The lowest BCUT2D eigenvalue weighted by atomic mass is 10.1. The van der Waals surface area contributed by atoms with Gasteiger partial charge in [-0.3, -0.25) is 4.40 Å². The third-order valence-corrected chi connectivity index (χ3v) is 3.90. The summed E-state index contributed by atoms with van der Waals surface area (Å²) in [6, 6.07) is 14.1. The fourth-order valence-electron chi connectivity index (χ4n) is 2.79. The maximum absolute atomic E-state index is 6.48. The van der Waals surface area contributed by atoms with Crippen molar-refractivity contribution in [3.63, 3.8) is 0 Å². The number of halogens is 1. The molecule has 0 radical (unpaired) electrons. The molecule has 114 valence electrons. The van der Waals surface area contributed by atoms with E-state index in [1.807, 2.05) is 50.2 Å². The number of nitrogens with zero attached hydrogens (tertiary/aromatic N) is 2. The standard InChI is InChI=1S/C18H19ClN2O/c1-4-22-15-10-6-5-9-14(15)17-18(13(3)19)21-12(2)8-7-11-16(21)20-17/h5-11,13H,4H2,1-3H3. The van der Waals surface area contributed by atoms with Crippen molar-refractivity contribution in [2.45, 2.75) is 26.1 Å². The number of benzene rings is 1. The van der Waals surface area contributed by atoms with Crippen LogP contribution in [0.2, 0.25) is 0 Å². The first-order chi connectivity index (χ1) is 10.6. The number of hydrogen-bond acceptors (Lipinski definition) is 2. The second-order valence-electron chi connectivity index (χ2n) is 5.25. The van der Waals surface area contributed by atoms with Crippen LogP contribution in [0.5, 0.6) is 5.75 Å². The molecule has 0 N–H and O–H groups in total. The highest BCUT2D eigenvalue weighted by Crippen LogP contribution is 2.37. The quantitative estimate of drug-likeness (QED) is 0.633. The van der Waals surface area contributed by atoms with E-state index in [0.717, 1.165) is 34.0 Å². The fourth-order valence-corrected chi connectivity index (χ4v) is 2.99. The molecule has 0 aliphatic carbocycles. The van der Waals surface area contributed by atoms with Crippen LogP contribution in [0.4, 0.5) is 0 Å². The van der Waals surface area contributed by atoms with Gasteiger partial charge in [-0.25, -0.2) is 4.98 Å². The van der Waals surface area contributed by atoms with Crippen LogP contribution in [0.15, 0.2) is 42.5 Å². The van der Waals surface area contributed by atoms with Crippen LogP contribution in [-0.2, 0) is 0 Å². The van der Waals surface area contributed by atoms with Crippen molar-refractivity contribution >= 4 is 17.2 Å². The van der Waals surface area contributed by atoms with Gasteiger partial charge in [-0.1, -0.05) is 18.2 Å². The second-order valence-corrected chi connectivity index (χ2v) is 5.91. The van der Waals surface area contributed by atoms with Crippen molar-refractivity contribution in [2.24, 2.45) is 0 Å². The summed E-state index contributed by atoms with van der Waals surface area (Å²) >= 11 is 6.48. The zero-order valence-corrected chi connectivity index (χ0v) is 13.8. The van der Waals surface area contributed by atoms with Gasteiger partial charge in [0.1, 0.15) is 11.4 Å². The molecular formula is C18H19ClN2O. The summed E-state index contributed by atoms with van der Waals surface area (Å²) in [4.78, 5) is 4.81. The SMILES string of the molecule is CCOc1ccccc1-c1nc2cccc(C)n2c1C(C)Cl. The van der Waals surface area contributed by atoms with E-state index in [4.69, 9.17) is 21.3 Å². The van der Waals surface area contributed by atoms with Gasteiger partial charge in [0.05, 0.1) is 23.4 Å². The molecule has 3 nitrogen and oxygen atoms in total. The van der Waals surface area contributed by atoms with Gasteiger partial charge in [0, 0.05) is 11.3 Å². The molecule has 0 spiro atoms. The molecule has 1 atom stereocenters. The number of aromatic nitrogens is 2. The molecule has 0 saturated heterocycles. The van der Waals surface area contributed by atoms with Crippen LogP contribution in [0, 0.1) is 6.92 Å². The van der Waals surface area contributed by atoms with E-state index >= 15 is 0 Å². The molecule has 1 aromatic carbocycles. The Kier molecular flexibility index (Phi) is 4.08. The van der Waals surface area contributed by atoms with E-state index in [-0.39, 0.29) is 5.38 Å². The Labute approximate surface area is 135 Å². The number of para-hydroxylation sites is 1. The highest BCUT2D eigenvalue weighted by Gasteiger charge is 2.21. The number of aryl methyl sites for hydroxylation is 1. The molecule has 0 fully saturated rings. The third kappa shape index (κ3) is 2.46. The summed E-state index contributed by atoms with van der Waals surface area (Å²) in [7, 11) is 0. The predicted molar refractivity (Wildman–Crippen MR) is 90.8 cm³/mol. The minimum atomic E-state index is -0.152. The zero-order chi connectivity index (χ0) is 15.7. The summed E-state index contributed by atoms with van der Waals surface area (Å²) in [5, 5.41) is -0.152. The first-order valence-corrected chi connectivity index (χ1v) is 7.91. The van der Waals surface area contributed by atoms with E-state index in [0.29, 0.717) is 6.61 Å². The summed E-state index contributed by atoms with van der Waals surface area (Å²) in [5.41, 5.74) is 4.90. The van der Waals surface area contributed by atoms with Gasteiger partial charge in [-0.2, -0.15) is 0 Å². The normalized spacial score (nSPS) is 12.5. The molecule has 3 aromatic rings. The highest BCUT2D eigenvalue weighted by atomic mass is 35.5. The summed E-state index contributed by atoms with van der Waals surface area (Å²) in [6.45, 7) is 6.64. The molecule has 3 rings (SSSR count). The van der Waals surface area contributed by atoms with Crippen LogP contribution >= 0.6 is 11.6 Å². The molecular weight excluding hydrogens is 296 g/mol. The average molecular weight is 315 g/mol. The second kappa shape index (κ2) is 6.01. The van der Waals surface area contributed by atoms with Crippen molar-refractivity contribution < 1.29 is 4.74 Å². The Bertz CT molecular complexity index is 808. The molecule has 22 heavy (non-hydrogen) atoms. The monoisotopic (exact) mass is 314 g/mol. The predicted octanol–water partition coefficient (Wildman–Crippen LogP) is 5.01. The summed E-state index contributed by atoms with van der Waals surface area (Å²) in [5.74, 6) is 0.838. The lowest BCUT2D eigenvalue weighted by Gasteiger charge is -2.12. The number of fused-ring (bicyclic) bond motifs is 1. The number of rotatable bonds is 4. The van der Waals surface area contributed by atoms with Gasteiger partial charge in [0.15, 0.2) is 0 Å². The van der Waals surface area contributed by atoms with E-state index < -0.39 is 0 Å². The molecule has 0 saturated carbocycles. The van der Waals surface area contributed by atoms with Crippen molar-refractivity contribution in [1.82, 2.24) is 9.38 Å². The largest absolute Gasteiger partial charge is 0.493 e. The topological polar surface area (TPSA) is 26.5 Å². The van der Waals surface area contributed by atoms with E-state index in [2.05, 4.69) is 17.4 Å². The Morgan fingerprint density at radius 3 is 2.68 bits per heavy atom. The van der Waals surface area contributed by atoms with Gasteiger partial charge >= 0.3 is 0 Å². The van der Waals surface area contributed by atoms with Crippen molar-refractivity contribution in [3.8, 4) is 17.0 Å².